The number of hydrogen-bond donors (Lipinski definition) is 1. The van der Waals surface area contributed by atoms with Crippen molar-refractivity contribution in [2.75, 3.05) is 13.2 Å². The number of benzene rings is 1. The Morgan fingerprint density at radius 2 is 2.06 bits per heavy atom. The number of nitrogens with one attached hydrogen (secondary N) is 1. The molecular formula is C12H14ClNO2. The molecule has 0 aliphatic heterocycles. The molecule has 0 atom stereocenters. The fourth-order valence-electron chi connectivity index (χ4n) is 1.36. The molecule has 2 rings (SSSR count). The van der Waals surface area contributed by atoms with Crippen LogP contribution in [-0.4, -0.2) is 19.1 Å². The summed E-state index contributed by atoms with van der Waals surface area (Å²) in [5.74, 6) is 1.18. The van der Waals surface area contributed by atoms with Crippen LogP contribution in [0.3, 0.4) is 0 Å². The highest BCUT2D eigenvalue weighted by Gasteiger charge is 2.28. The van der Waals surface area contributed by atoms with Crippen LogP contribution in [0, 0.1) is 5.92 Å². The van der Waals surface area contributed by atoms with Gasteiger partial charge in [0, 0.05) is 10.9 Å². The Hall–Kier alpha value is -1.22. The Bertz CT molecular complexity index is 360. The third-order valence-corrected chi connectivity index (χ3v) is 2.68. The van der Waals surface area contributed by atoms with E-state index in [-0.39, 0.29) is 11.8 Å². The summed E-state index contributed by atoms with van der Waals surface area (Å²) in [4.78, 5) is 11.3. The fraction of sp³-hybridized carbons (Fsp3) is 0.417. The molecule has 0 saturated heterocycles. The lowest BCUT2D eigenvalue weighted by molar-refractivity contribution is -0.122. The third-order valence-electron chi connectivity index (χ3n) is 2.43. The van der Waals surface area contributed by atoms with Crippen LogP contribution >= 0.6 is 11.6 Å². The Kier molecular flexibility index (Phi) is 3.67. The minimum Gasteiger partial charge on any atom is -0.492 e. The van der Waals surface area contributed by atoms with E-state index >= 15 is 0 Å². The molecule has 0 bridgehead atoms. The molecule has 3 nitrogen and oxygen atoms in total. The van der Waals surface area contributed by atoms with Crippen molar-refractivity contribution in [2.24, 2.45) is 5.92 Å². The standard InChI is InChI=1S/C12H14ClNO2/c13-10-3-5-11(6-4-10)16-8-7-14-12(15)9-1-2-9/h3-6,9H,1-2,7-8H2,(H,14,15). The van der Waals surface area contributed by atoms with E-state index in [2.05, 4.69) is 5.32 Å². The summed E-state index contributed by atoms with van der Waals surface area (Å²) in [7, 11) is 0. The molecular weight excluding hydrogens is 226 g/mol. The molecule has 1 saturated carbocycles. The number of amides is 1. The number of rotatable bonds is 5. The number of ether oxygens (including phenoxy) is 1. The van der Waals surface area contributed by atoms with Crippen LogP contribution < -0.4 is 10.1 Å². The third kappa shape index (κ3) is 3.42. The monoisotopic (exact) mass is 239 g/mol. The average molecular weight is 240 g/mol. The molecule has 1 aliphatic carbocycles. The average Bonchev–Trinajstić information content (AvgIpc) is 3.10. The molecule has 1 aromatic carbocycles. The number of hydrogen-bond acceptors (Lipinski definition) is 2. The zero-order valence-corrected chi connectivity index (χ0v) is 9.67. The lowest BCUT2D eigenvalue weighted by atomic mass is 10.3. The lowest BCUT2D eigenvalue weighted by Gasteiger charge is -2.07. The van der Waals surface area contributed by atoms with Gasteiger partial charge in [-0.3, -0.25) is 4.79 Å². The van der Waals surface area contributed by atoms with Gasteiger partial charge in [0.1, 0.15) is 12.4 Å². The first-order valence-corrected chi connectivity index (χ1v) is 5.79. The molecule has 0 aromatic heterocycles. The SMILES string of the molecule is O=C(NCCOc1ccc(Cl)cc1)C1CC1. The van der Waals surface area contributed by atoms with E-state index in [1.54, 1.807) is 12.1 Å². The molecule has 0 unspecified atom stereocenters. The predicted octanol–water partition coefficient (Wildman–Crippen LogP) is 2.25. The van der Waals surface area contributed by atoms with Crippen LogP contribution in [-0.2, 0) is 4.79 Å². The van der Waals surface area contributed by atoms with Gasteiger partial charge in [0.05, 0.1) is 6.54 Å². The Labute approximate surface area is 99.7 Å². The quantitative estimate of drug-likeness (QED) is 0.801. The summed E-state index contributed by atoms with van der Waals surface area (Å²) in [6.45, 7) is 1.04. The summed E-state index contributed by atoms with van der Waals surface area (Å²) in [5, 5.41) is 3.53. The van der Waals surface area contributed by atoms with Crippen LogP contribution in [0.2, 0.25) is 5.02 Å². The van der Waals surface area contributed by atoms with Gasteiger partial charge in [0.2, 0.25) is 5.91 Å². The van der Waals surface area contributed by atoms with E-state index in [1.807, 2.05) is 12.1 Å². The van der Waals surface area contributed by atoms with Crippen molar-refractivity contribution in [3.8, 4) is 5.75 Å². The van der Waals surface area contributed by atoms with Crippen molar-refractivity contribution < 1.29 is 9.53 Å². The second kappa shape index (κ2) is 5.21. The van der Waals surface area contributed by atoms with Gasteiger partial charge < -0.3 is 10.1 Å². The highest BCUT2D eigenvalue weighted by Crippen LogP contribution is 2.28. The van der Waals surface area contributed by atoms with Crippen molar-refractivity contribution in [3.05, 3.63) is 29.3 Å². The summed E-state index contributed by atoms with van der Waals surface area (Å²) < 4.78 is 5.44. The fourth-order valence-corrected chi connectivity index (χ4v) is 1.49. The maximum Gasteiger partial charge on any atom is 0.223 e. The minimum absolute atomic E-state index is 0.153. The number of halogens is 1. The van der Waals surface area contributed by atoms with Gasteiger partial charge in [-0.2, -0.15) is 0 Å². The maximum absolute atomic E-state index is 11.3. The van der Waals surface area contributed by atoms with E-state index in [9.17, 15) is 4.79 Å². The summed E-state index contributed by atoms with van der Waals surface area (Å²) >= 11 is 5.74. The van der Waals surface area contributed by atoms with E-state index < -0.39 is 0 Å². The van der Waals surface area contributed by atoms with Crippen molar-refractivity contribution in [1.29, 1.82) is 0 Å². The van der Waals surface area contributed by atoms with Crippen molar-refractivity contribution in [2.45, 2.75) is 12.8 Å². The molecule has 4 heteroatoms. The molecule has 1 N–H and O–H groups in total. The zero-order valence-electron chi connectivity index (χ0n) is 8.91. The van der Waals surface area contributed by atoms with Crippen LogP contribution in [0.4, 0.5) is 0 Å². The normalized spacial score (nSPS) is 14.6. The zero-order chi connectivity index (χ0) is 11.4. The molecule has 16 heavy (non-hydrogen) atoms. The second-order valence-corrected chi connectivity index (χ2v) is 4.30. The van der Waals surface area contributed by atoms with Gasteiger partial charge in [-0.25, -0.2) is 0 Å². The molecule has 1 aromatic rings. The van der Waals surface area contributed by atoms with Gasteiger partial charge in [0.25, 0.3) is 0 Å². The van der Waals surface area contributed by atoms with Crippen molar-refractivity contribution >= 4 is 17.5 Å². The Morgan fingerprint density at radius 1 is 1.38 bits per heavy atom. The van der Waals surface area contributed by atoms with Crippen molar-refractivity contribution in [1.82, 2.24) is 5.32 Å². The van der Waals surface area contributed by atoms with E-state index in [1.165, 1.54) is 0 Å². The molecule has 86 valence electrons. The van der Waals surface area contributed by atoms with E-state index in [4.69, 9.17) is 16.3 Å². The van der Waals surface area contributed by atoms with Crippen molar-refractivity contribution in [3.63, 3.8) is 0 Å². The predicted molar refractivity (Wildman–Crippen MR) is 62.7 cm³/mol. The van der Waals surface area contributed by atoms with Gasteiger partial charge >= 0.3 is 0 Å². The second-order valence-electron chi connectivity index (χ2n) is 3.87. The van der Waals surface area contributed by atoms with Gasteiger partial charge in [-0.05, 0) is 37.1 Å². The molecule has 0 radical (unpaired) electrons. The molecule has 1 aliphatic rings. The first kappa shape index (κ1) is 11.3. The van der Waals surface area contributed by atoms with E-state index in [0.29, 0.717) is 18.2 Å². The van der Waals surface area contributed by atoms with Crippen LogP contribution in [0.5, 0.6) is 5.75 Å². The first-order chi connectivity index (χ1) is 7.75. The van der Waals surface area contributed by atoms with Crippen LogP contribution in [0.1, 0.15) is 12.8 Å². The van der Waals surface area contributed by atoms with Gasteiger partial charge in [0.15, 0.2) is 0 Å². The van der Waals surface area contributed by atoms with E-state index in [0.717, 1.165) is 18.6 Å². The highest BCUT2D eigenvalue weighted by molar-refractivity contribution is 6.30. The topological polar surface area (TPSA) is 38.3 Å². The largest absolute Gasteiger partial charge is 0.492 e. The first-order valence-electron chi connectivity index (χ1n) is 5.42. The number of carbonyl (C=O) groups is 1. The summed E-state index contributed by atoms with van der Waals surface area (Å²) in [6.07, 6.45) is 2.06. The Balaban J connectivity index is 1.63. The molecule has 1 fully saturated rings. The maximum atomic E-state index is 11.3. The minimum atomic E-state index is 0.153. The number of carbonyl (C=O) groups excluding carboxylic acids is 1. The molecule has 0 spiro atoms. The molecule has 0 heterocycles. The van der Waals surface area contributed by atoms with Crippen LogP contribution in [0.15, 0.2) is 24.3 Å². The lowest BCUT2D eigenvalue weighted by Crippen LogP contribution is -2.29. The summed E-state index contributed by atoms with van der Waals surface area (Å²) in [5.41, 5.74) is 0. The highest BCUT2D eigenvalue weighted by atomic mass is 35.5. The summed E-state index contributed by atoms with van der Waals surface area (Å²) in [6, 6.07) is 7.18. The van der Waals surface area contributed by atoms with Crippen LogP contribution in [0.25, 0.3) is 0 Å². The smallest absolute Gasteiger partial charge is 0.223 e. The Morgan fingerprint density at radius 3 is 2.69 bits per heavy atom. The van der Waals surface area contributed by atoms with Gasteiger partial charge in [-0.15, -0.1) is 0 Å². The molecule has 1 amide bonds. The van der Waals surface area contributed by atoms with Gasteiger partial charge in [-0.1, -0.05) is 11.6 Å².